The highest BCUT2D eigenvalue weighted by Gasteiger charge is 2.27. The summed E-state index contributed by atoms with van der Waals surface area (Å²) in [5.74, 6) is -0.347. The van der Waals surface area contributed by atoms with E-state index in [2.05, 4.69) is 18.1 Å². The molecule has 0 heterocycles. The summed E-state index contributed by atoms with van der Waals surface area (Å²) in [6, 6.07) is 19.4. The van der Waals surface area contributed by atoms with Crippen LogP contribution >= 0.6 is 0 Å². The molecule has 0 aromatic heterocycles. The minimum Gasteiger partial charge on any atom is -0.460 e. The average Bonchev–Trinajstić information content (AvgIpc) is 2.78. The highest BCUT2D eigenvalue weighted by Crippen LogP contribution is 2.18. The maximum Gasteiger partial charge on any atom is 0.323 e. The number of nitrogens with zero attached hydrogens (tertiary/aromatic N) is 1. The van der Waals surface area contributed by atoms with Crippen LogP contribution in [0.2, 0.25) is 0 Å². The fraction of sp³-hybridized carbons (Fsp3) is 0.231. The summed E-state index contributed by atoms with van der Waals surface area (Å²) >= 11 is 0. The third kappa shape index (κ3) is 7.64. The molecule has 0 saturated heterocycles. The minimum absolute atomic E-state index is 0.121. The standard InChI is InChI=1S/C26H29NO3/c1-3-12-22(4-2)21-30-26(29)25(17-11-18-28)27(19-23-13-7-5-8-14-23)20-24-15-9-6-10-16-24/h3-10,12-16,18,25H,1-2,11,17,19-21H2. The van der Waals surface area contributed by atoms with E-state index in [1.165, 1.54) is 0 Å². The number of hydrogen-bond acceptors (Lipinski definition) is 4. The fourth-order valence-corrected chi connectivity index (χ4v) is 3.16. The van der Waals surface area contributed by atoms with E-state index in [4.69, 9.17) is 4.74 Å². The second-order valence-corrected chi connectivity index (χ2v) is 6.93. The Bertz CT molecular complexity index is 802. The molecule has 0 fully saturated rings. The van der Waals surface area contributed by atoms with Gasteiger partial charge in [-0.1, -0.05) is 92.0 Å². The first kappa shape index (κ1) is 23.0. The van der Waals surface area contributed by atoms with Gasteiger partial charge in [-0.05, 0) is 23.1 Å². The maximum absolute atomic E-state index is 13.0. The first-order chi connectivity index (χ1) is 14.7. The number of rotatable bonds is 13. The van der Waals surface area contributed by atoms with E-state index in [0.717, 1.165) is 23.0 Å². The molecule has 156 valence electrons. The summed E-state index contributed by atoms with van der Waals surface area (Å²) in [7, 11) is 0. The molecule has 0 N–H and O–H groups in total. The molecule has 1 unspecified atom stereocenters. The number of ether oxygens (including phenoxy) is 1. The number of carbonyl (C=O) groups excluding carboxylic acids is 2. The molecule has 0 spiro atoms. The molecule has 0 aliphatic rings. The van der Waals surface area contributed by atoms with Crippen molar-refractivity contribution in [3.8, 4) is 0 Å². The molecule has 4 heteroatoms. The number of carbonyl (C=O) groups is 2. The van der Waals surface area contributed by atoms with Crippen molar-refractivity contribution in [2.45, 2.75) is 32.0 Å². The van der Waals surface area contributed by atoms with Gasteiger partial charge < -0.3 is 9.53 Å². The summed E-state index contributed by atoms with van der Waals surface area (Å²) in [5, 5.41) is 0. The molecule has 0 aliphatic carbocycles. The zero-order valence-electron chi connectivity index (χ0n) is 17.3. The molecule has 0 radical (unpaired) electrons. The Labute approximate surface area is 179 Å². The van der Waals surface area contributed by atoms with E-state index >= 15 is 0 Å². The third-order valence-corrected chi connectivity index (χ3v) is 4.70. The van der Waals surface area contributed by atoms with Gasteiger partial charge in [0.25, 0.3) is 0 Å². The Kier molecular flexibility index (Phi) is 10.0. The van der Waals surface area contributed by atoms with Crippen molar-refractivity contribution in [1.82, 2.24) is 4.90 Å². The molecule has 0 amide bonds. The Balaban J connectivity index is 2.25. The molecule has 0 aliphatic heterocycles. The zero-order chi connectivity index (χ0) is 21.6. The van der Waals surface area contributed by atoms with Crippen LogP contribution in [0.1, 0.15) is 24.0 Å². The van der Waals surface area contributed by atoms with Gasteiger partial charge in [-0.3, -0.25) is 9.69 Å². The van der Waals surface area contributed by atoms with Crippen LogP contribution in [0.4, 0.5) is 0 Å². The first-order valence-electron chi connectivity index (χ1n) is 10.0. The lowest BCUT2D eigenvalue weighted by Gasteiger charge is -2.30. The second-order valence-electron chi connectivity index (χ2n) is 6.93. The molecular formula is C26H29NO3. The lowest BCUT2D eigenvalue weighted by molar-refractivity contribution is -0.150. The van der Waals surface area contributed by atoms with Crippen molar-refractivity contribution in [3.63, 3.8) is 0 Å². The highest BCUT2D eigenvalue weighted by atomic mass is 16.5. The van der Waals surface area contributed by atoms with E-state index in [9.17, 15) is 9.59 Å². The van der Waals surface area contributed by atoms with Gasteiger partial charge >= 0.3 is 5.97 Å². The number of benzene rings is 2. The van der Waals surface area contributed by atoms with Crippen molar-refractivity contribution in [2.24, 2.45) is 0 Å². The van der Waals surface area contributed by atoms with Crippen LogP contribution in [-0.4, -0.2) is 29.8 Å². The normalized spacial score (nSPS) is 12.2. The molecule has 1 atom stereocenters. The predicted octanol–water partition coefficient (Wildman–Crippen LogP) is 4.88. The minimum atomic E-state index is -0.537. The van der Waals surface area contributed by atoms with Crippen molar-refractivity contribution in [3.05, 3.63) is 109 Å². The van der Waals surface area contributed by atoms with Gasteiger partial charge in [-0.15, -0.1) is 0 Å². The smallest absolute Gasteiger partial charge is 0.323 e. The summed E-state index contributed by atoms with van der Waals surface area (Å²) in [6.07, 6.45) is 6.56. The molecule has 2 aromatic rings. The van der Waals surface area contributed by atoms with E-state index in [1.54, 1.807) is 18.2 Å². The van der Waals surface area contributed by atoms with Crippen LogP contribution in [0.15, 0.2) is 97.6 Å². The second kappa shape index (κ2) is 13.1. The van der Waals surface area contributed by atoms with Crippen molar-refractivity contribution in [1.29, 1.82) is 0 Å². The van der Waals surface area contributed by atoms with Crippen LogP contribution in [0.5, 0.6) is 0 Å². The van der Waals surface area contributed by atoms with Gasteiger partial charge in [-0.2, -0.15) is 0 Å². The SMILES string of the molecule is C=CC=C(C=C)COC(=O)C(CCC=O)N(Cc1ccccc1)Cc1ccccc1. The van der Waals surface area contributed by atoms with Crippen molar-refractivity contribution < 1.29 is 14.3 Å². The van der Waals surface area contributed by atoms with Gasteiger partial charge in [0.1, 0.15) is 18.9 Å². The largest absolute Gasteiger partial charge is 0.460 e. The zero-order valence-corrected chi connectivity index (χ0v) is 17.3. The van der Waals surface area contributed by atoms with Crippen LogP contribution in [0.3, 0.4) is 0 Å². The predicted molar refractivity (Wildman–Crippen MR) is 121 cm³/mol. The topological polar surface area (TPSA) is 46.6 Å². The van der Waals surface area contributed by atoms with E-state index in [-0.39, 0.29) is 19.0 Å². The lowest BCUT2D eigenvalue weighted by atomic mass is 10.1. The van der Waals surface area contributed by atoms with Crippen molar-refractivity contribution >= 4 is 12.3 Å². The van der Waals surface area contributed by atoms with Crippen LogP contribution in [0.25, 0.3) is 0 Å². The van der Waals surface area contributed by atoms with Gasteiger partial charge in [-0.25, -0.2) is 0 Å². The number of allylic oxidation sites excluding steroid dienone is 2. The van der Waals surface area contributed by atoms with E-state index in [1.807, 2.05) is 60.7 Å². The highest BCUT2D eigenvalue weighted by molar-refractivity contribution is 5.76. The molecular weight excluding hydrogens is 374 g/mol. The van der Waals surface area contributed by atoms with E-state index in [0.29, 0.717) is 19.5 Å². The van der Waals surface area contributed by atoms with Gasteiger partial charge in [0.2, 0.25) is 0 Å². The Morgan fingerprint density at radius 1 is 0.967 bits per heavy atom. The molecule has 2 aromatic carbocycles. The van der Waals surface area contributed by atoms with Gasteiger partial charge in [0.15, 0.2) is 0 Å². The van der Waals surface area contributed by atoms with Gasteiger partial charge in [0, 0.05) is 19.5 Å². The summed E-state index contributed by atoms with van der Waals surface area (Å²) < 4.78 is 5.58. The molecule has 2 rings (SSSR count). The summed E-state index contributed by atoms with van der Waals surface area (Å²) in [4.78, 5) is 26.2. The molecule has 0 bridgehead atoms. The van der Waals surface area contributed by atoms with Crippen LogP contribution < -0.4 is 0 Å². The summed E-state index contributed by atoms with van der Waals surface area (Å²) in [6.45, 7) is 8.67. The van der Waals surface area contributed by atoms with Crippen LogP contribution in [0, 0.1) is 0 Å². The van der Waals surface area contributed by atoms with E-state index < -0.39 is 6.04 Å². The molecule has 30 heavy (non-hydrogen) atoms. The monoisotopic (exact) mass is 403 g/mol. The fourth-order valence-electron chi connectivity index (χ4n) is 3.16. The molecule has 0 saturated carbocycles. The third-order valence-electron chi connectivity index (χ3n) is 4.70. The first-order valence-corrected chi connectivity index (χ1v) is 10.0. The number of hydrogen-bond donors (Lipinski definition) is 0. The Hall–Kier alpha value is -3.24. The summed E-state index contributed by atoms with van der Waals surface area (Å²) in [5.41, 5.74) is 2.96. The number of esters is 1. The lowest BCUT2D eigenvalue weighted by Crippen LogP contribution is -2.41. The quantitative estimate of drug-likeness (QED) is 0.272. The molecule has 4 nitrogen and oxygen atoms in total. The van der Waals surface area contributed by atoms with Gasteiger partial charge in [0.05, 0.1) is 0 Å². The van der Waals surface area contributed by atoms with Crippen molar-refractivity contribution in [2.75, 3.05) is 6.61 Å². The Morgan fingerprint density at radius 2 is 1.53 bits per heavy atom. The average molecular weight is 404 g/mol. The Morgan fingerprint density at radius 3 is 2.00 bits per heavy atom. The number of aldehydes is 1. The maximum atomic E-state index is 13.0. The van der Waals surface area contributed by atoms with Crippen LogP contribution in [-0.2, 0) is 27.4 Å².